The third-order valence-corrected chi connectivity index (χ3v) is 4.28. The van der Waals surface area contributed by atoms with Crippen LogP contribution in [0.1, 0.15) is 31.2 Å². The maximum atomic E-state index is 9.12. The first kappa shape index (κ1) is 12.9. The van der Waals surface area contributed by atoms with Gasteiger partial charge >= 0.3 is 0 Å². The summed E-state index contributed by atoms with van der Waals surface area (Å²) >= 11 is 0. The molecule has 1 unspecified atom stereocenters. The van der Waals surface area contributed by atoms with Crippen molar-refractivity contribution in [2.75, 3.05) is 13.2 Å². The van der Waals surface area contributed by atoms with Crippen molar-refractivity contribution in [2.24, 2.45) is 5.92 Å². The van der Waals surface area contributed by atoms with Gasteiger partial charge < -0.3 is 14.6 Å². The van der Waals surface area contributed by atoms with Crippen molar-refractivity contribution < 1.29 is 14.6 Å². The Kier molecular flexibility index (Phi) is 4.04. The molecule has 1 saturated carbocycles. The lowest BCUT2D eigenvalue weighted by atomic mass is 9.88. The Morgan fingerprint density at radius 3 is 2.68 bits per heavy atom. The molecule has 0 aromatic heterocycles. The molecule has 1 fully saturated rings. The predicted octanol–water partition coefficient (Wildman–Crippen LogP) is 2.56. The molecule has 0 bridgehead atoms. The van der Waals surface area contributed by atoms with Crippen molar-refractivity contribution >= 4 is 0 Å². The van der Waals surface area contributed by atoms with Gasteiger partial charge in [-0.2, -0.15) is 0 Å². The second-order valence-corrected chi connectivity index (χ2v) is 5.71. The number of hydrogen-bond acceptors (Lipinski definition) is 3. The van der Waals surface area contributed by atoms with Crippen molar-refractivity contribution in [1.29, 1.82) is 0 Å². The molecular formula is C16H22O3. The molecule has 104 valence electrons. The van der Waals surface area contributed by atoms with Crippen LogP contribution in [0, 0.1) is 5.92 Å². The molecule has 0 saturated heterocycles. The fraction of sp³-hybridized carbons (Fsp3) is 0.625. The van der Waals surface area contributed by atoms with Gasteiger partial charge in [0.1, 0.15) is 11.9 Å². The maximum Gasteiger partial charge on any atom is 0.126 e. The summed E-state index contributed by atoms with van der Waals surface area (Å²) in [4.78, 5) is 0. The summed E-state index contributed by atoms with van der Waals surface area (Å²) in [6.07, 6.45) is 5.82. The molecule has 3 heteroatoms. The van der Waals surface area contributed by atoms with Crippen LogP contribution < -0.4 is 4.74 Å². The first-order valence-electron chi connectivity index (χ1n) is 7.32. The highest BCUT2D eigenvalue weighted by atomic mass is 16.5. The molecule has 1 atom stereocenters. The summed E-state index contributed by atoms with van der Waals surface area (Å²) in [5.41, 5.74) is 1.29. The minimum Gasteiger partial charge on any atom is -0.487 e. The van der Waals surface area contributed by atoms with Gasteiger partial charge in [-0.05, 0) is 43.2 Å². The average Bonchev–Trinajstić information content (AvgIpc) is 2.88. The van der Waals surface area contributed by atoms with Crippen LogP contribution in [-0.2, 0) is 11.2 Å². The summed E-state index contributed by atoms with van der Waals surface area (Å²) < 4.78 is 11.9. The van der Waals surface area contributed by atoms with Crippen molar-refractivity contribution in [2.45, 2.75) is 44.3 Å². The summed E-state index contributed by atoms with van der Waals surface area (Å²) in [6.45, 7) is 1.01. The fourth-order valence-electron chi connectivity index (χ4n) is 3.07. The molecule has 2 aliphatic rings. The number of hydrogen-bond donors (Lipinski definition) is 1. The predicted molar refractivity (Wildman–Crippen MR) is 73.3 cm³/mol. The van der Waals surface area contributed by atoms with Gasteiger partial charge in [0.05, 0.1) is 12.7 Å². The molecule has 1 aliphatic carbocycles. The van der Waals surface area contributed by atoms with E-state index in [1.165, 1.54) is 5.56 Å². The van der Waals surface area contributed by atoms with E-state index in [1.54, 1.807) is 0 Å². The summed E-state index contributed by atoms with van der Waals surface area (Å²) in [5, 5.41) is 9.12. The number of aliphatic hydroxyl groups excluding tert-OH is 1. The summed E-state index contributed by atoms with van der Waals surface area (Å²) in [7, 11) is 0. The van der Waals surface area contributed by atoms with E-state index in [4.69, 9.17) is 14.6 Å². The third kappa shape index (κ3) is 3.10. The van der Waals surface area contributed by atoms with Crippen molar-refractivity contribution in [3.05, 3.63) is 29.8 Å². The number of aliphatic hydroxyl groups is 1. The fourth-order valence-corrected chi connectivity index (χ4v) is 3.07. The first-order chi connectivity index (χ1) is 9.35. The van der Waals surface area contributed by atoms with Crippen LogP contribution >= 0.6 is 0 Å². The molecule has 1 aromatic carbocycles. The van der Waals surface area contributed by atoms with Gasteiger partial charge in [0.15, 0.2) is 0 Å². The Hall–Kier alpha value is -1.06. The highest BCUT2D eigenvalue weighted by Crippen LogP contribution is 2.30. The third-order valence-electron chi connectivity index (χ3n) is 4.28. The minimum atomic E-state index is 0.174. The van der Waals surface area contributed by atoms with E-state index in [2.05, 4.69) is 12.1 Å². The van der Waals surface area contributed by atoms with Crippen molar-refractivity contribution in [3.8, 4) is 5.75 Å². The minimum absolute atomic E-state index is 0.174. The second-order valence-electron chi connectivity index (χ2n) is 5.71. The van der Waals surface area contributed by atoms with Crippen LogP contribution in [0.5, 0.6) is 5.75 Å². The van der Waals surface area contributed by atoms with Gasteiger partial charge in [-0.25, -0.2) is 0 Å². The number of benzene rings is 1. The van der Waals surface area contributed by atoms with E-state index in [0.717, 1.165) is 37.9 Å². The Morgan fingerprint density at radius 1 is 1.16 bits per heavy atom. The number of ether oxygens (including phenoxy) is 2. The van der Waals surface area contributed by atoms with Gasteiger partial charge in [0, 0.05) is 13.0 Å². The summed E-state index contributed by atoms with van der Waals surface area (Å²) in [5.74, 6) is 1.51. The lowest BCUT2D eigenvalue weighted by molar-refractivity contribution is -0.0207. The van der Waals surface area contributed by atoms with Crippen LogP contribution in [0.15, 0.2) is 24.3 Å². The quantitative estimate of drug-likeness (QED) is 0.906. The maximum absolute atomic E-state index is 9.12. The van der Waals surface area contributed by atoms with Crippen LogP contribution in [0.25, 0.3) is 0 Å². The van der Waals surface area contributed by atoms with Crippen molar-refractivity contribution in [1.82, 2.24) is 0 Å². The van der Waals surface area contributed by atoms with Gasteiger partial charge in [-0.1, -0.05) is 18.2 Å². The number of para-hydroxylation sites is 1. The Labute approximate surface area is 114 Å². The molecule has 0 spiro atoms. The Bertz CT molecular complexity index is 385. The van der Waals surface area contributed by atoms with Gasteiger partial charge in [0.2, 0.25) is 0 Å². The Balaban J connectivity index is 1.43. The largest absolute Gasteiger partial charge is 0.487 e. The molecule has 0 amide bonds. The molecule has 0 radical (unpaired) electrons. The molecule has 3 nitrogen and oxygen atoms in total. The van der Waals surface area contributed by atoms with Crippen LogP contribution in [0.4, 0.5) is 0 Å². The average molecular weight is 262 g/mol. The zero-order valence-corrected chi connectivity index (χ0v) is 11.3. The second kappa shape index (κ2) is 5.93. The monoisotopic (exact) mass is 262 g/mol. The highest BCUT2D eigenvalue weighted by molar-refractivity contribution is 5.37. The highest BCUT2D eigenvalue weighted by Gasteiger charge is 2.25. The molecule has 19 heavy (non-hydrogen) atoms. The molecule has 1 aromatic rings. The van der Waals surface area contributed by atoms with E-state index in [1.807, 2.05) is 12.1 Å². The number of rotatable bonds is 4. The van der Waals surface area contributed by atoms with Gasteiger partial charge in [-0.3, -0.25) is 0 Å². The SMILES string of the molecule is OCC1CCC(OCC2Cc3ccccc3O2)CC1. The first-order valence-corrected chi connectivity index (χ1v) is 7.32. The Morgan fingerprint density at radius 2 is 1.95 bits per heavy atom. The van der Waals surface area contributed by atoms with E-state index in [0.29, 0.717) is 25.2 Å². The molecule has 3 rings (SSSR count). The van der Waals surface area contributed by atoms with E-state index >= 15 is 0 Å². The normalized spacial score (nSPS) is 29.8. The van der Waals surface area contributed by atoms with E-state index in [9.17, 15) is 0 Å². The van der Waals surface area contributed by atoms with Gasteiger partial charge in [0.25, 0.3) is 0 Å². The zero-order chi connectivity index (χ0) is 13.1. The molecule has 1 N–H and O–H groups in total. The van der Waals surface area contributed by atoms with E-state index in [-0.39, 0.29) is 6.10 Å². The lowest BCUT2D eigenvalue weighted by Crippen LogP contribution is -2.28. The number of fused-ring (bicyclic) bond motifs is 1. The smallest absolute Gasteiger partial charge is 0.126 e. The summed E-state index contributed by atoms with van der Waals surface area (Å²) in [6, 6.07) is 8.23. The van der Waals surface area contributed by atoms with E-state index < -0.39 is 0 Å². The van der Waals surface area contributed by atoms with Crippen LogP contribution in [0.3, 0.4) is 0 Å². The molecular weight excluding hydrogens is 240 g/mol. The topological polar surface area (TPSA) is 38.7 Å². The molecule has 1 heterocycles. The van der Waals surface area contributed by atoms with Crippen LogP contribution in [0.2, 0.25) is 0 Å². The zero-order valence-electron chi connectivity index (χ0n) is 11.3. The van der Waals surface area contributed by atoms with Crippen molar-refractivity contribution in [3.63, 3.8) is 0 Å². The lowest BCUT2D eigenvalue weighted by Gasteiger charge is -2.28. The van der Waals surface area contributed by atoms with Crippen LogP contribution in [-0.4, -0.2) is 30.5 Å². The standard InChI is InChI=1S/C16H22O3/c17-10-12-5-7-14(8-6-12)18-11-15-9-13-3-1-2-4-16(13)19-15/h1-4,12,14-15,17H,5-11H2. The van der Waals surface area contributed by atoms with Gasteiger partial charge in [-0.15, -0.1) is 0 Å². The molecule has 1 aliphatic heterocycles.